The summed E-state index contributed by atoms with van der Waals surface area (Å²) in [6.45, 7) is 5.07. The van der Waals surface area contributed by atoms with E-state index in [1.165, 1.54) is 17.8 Å². The fraction of sp³-hybridized carbons (Fsp3) is 0.818. The van der Waals surface area contributed by atoms with E-state index in [1.54, 1.807) is 11.3 Å². The van der Waals surface area contributed by atoms with Crippen molar-refractivity contribution in [1.82, 2.24) is 15.1 Å². The van der Waals surface area contributed by atoms with Gasteiger partial charge in [0.05, 0.1) is 6.61 Å². The van der Waals surface area contributed by atoms with E-state index >= 15 is 0 Å². The standard InChI is InChI=1S/C11H18N4OS/c16-8-7-14-3-5-15(6-4-14)11-13-12-10(17-11)9-1-2-9/h9,16H,1-8H2. The average molecular weight is 254 g/mol. The van der Waals surface area contributed by atoms with Crippen LogP contribution in [0.3, 0.4) is 0 Å². The maximum Gasteiger partial charge on any atom is 0.208 e. The second-order valence-corrected chi connectivity index (χ2v) is 5.74. The first-order valence-electron chi connectivity index (χ1n) is 6.28. The number of nitrogens with zero attached hydrogens (tertiary/aromatic N) is 4. The van der Waals surface area contributed by atoms with Gasteiger partial charge in [0.25, 0.3) is 0 Å². The molecule has 0 atom stereocenters. The molecule has 2 heterocycles. The molecule has 1 aliphatic carbocycles. The Kier molecular flexibility index (Phi) is 3.26. The molecule has 1 aromatic rings. The lowest BCUT2D eigenvalue weighted by atomic mass is 10.3. The molecule has 1 aliphatic heterocycles. The summed E-state index contributed by atoms with van der Waals surface area (Å²) in [6.07, 6.45) is 2.58. The van der Waals surface area contributed by atoms with E-state index in [-0.39, 0.29) is 6.61 Å². The van der Waals surface area contributed by atoms with E-state index in [4.69, 9.17) is 5.11 Å². The molecule has 0 amide bonds. The van der Waals surface area contributed by atoms with Crippen LogP contribution in [0.25, 0.3) is 0 Å². The fourth-order valence-corrected chi connectivity index (χ4v) is 3.22. The molecule has 1 aromatic heterocycles. The van der Waals surface area contributed by atoms with Gasteiger partial charge in [-0.1, -0.05) is 11.3 Å². The van der Waals surface area contributed by atoms with Crippen molar-refractivity contribution < 1.29 is 5.11 Å². The lowest BCUT2D eigenvalue weighted by Crippen LogP contribution is -2.47. The molecule has 2 aliphatic rings. The molecule has 17 heavy (non-hydrogen) atoms. The highest BCUT2D eigenvalue weighted by Gasteiger charge is 2.29. The summed E-state index contributed by atoms with van der Waals surface area (Å²) in [5, 5.41) is 19.8. The Morgan fingerprint density at radius 2 is 1.94 bits per heavy atom. The molecule has 0 aromatic carbocycles. The molecule has 3 rings (SSSR count). The van der Waals surface area contributed by atoms with E-state index in [0.29, 0.717) is 5.92 Å². The van der Waals surface area contributed by atoms with Crippen LogP contribution in [0.5, 0.6) is 0 Å². The normalized spacial score (nSPS) is 22.1. The Labute approximate surface area is 105 Å². The summed E-state index contributed by atoms with van der Waals surface area (Å²) in [6, 6.07) is 0. The van der Waals surface area contributed by atoms with Crippen LogP contribution in [-0.2, 0) is 0 Å². The summed E-state index contributed by atoms with van der Waals surface area (Å²) >= 11 is 1.76. The number of aliphatic hydroxyl groups excluding tert-OH is 1. The predicted octanol–water partition coefficient (Wildman–Crippen LogP) is 0.530. The molecule has 1 saturated heterocycles. The molecule has 5 nitrogen and oxygen atoms in total. The summed E-state index contributed by atoms with van der Waals surface area (Å²) in [4.78, 5) is 4.61. The highest BCUT2D eigenvalue weighted by Crippen LogP contribution is 2.42. The van der Waals surface area contributed by atoms with Crippen molar-refractivity contribution in [3.05, 3.63) is 5.01 Å². The van der Waals surface area contributed by atoms with Gasteiger partial charge in [0.2, 0.25) is 5.13 Å². The Balaban J connectivity index is 1.57. The number of aliphatic hydroxyl groups is 1. The van der Waals surface area contributed by atoms with Crippen molar-refractivity contribution in [2.45, 2.75) is 18.8 Å². The Morgan fingerprint density at radius 1 is 1.18 bits per heavy atom. The predicted molar refractivity (Wildman–Crippen MR) is 67.6 cm³/mol. The molecule has 2 fully saturated rings. The largest absolute Gasteiger partial charge is 0.395 e. The first-order valence-corrected chi connectivity index (χ1v) is 7.10. The van der Waals surface area contributed by atoms with Crippen molar-refractivity contribution in [3.63, 3.8) is 0 Å². The summed E-state index contributed by atoms with van der Waals surface area (Å²) in [5.41, 5.74) is 0. The van der Waals surface area contributed by atoms with Crippen molar-refractivity contribution in [1.29, 1.82) is 0 Å². The zero-order valence-corrected chi connectivity index (χ0v) is 10.7. The van der Waals surface area contributed by atoms with Gasteiger partial charge in [-0.15, -0.1) is 10.2 Å². The maximum absolute atomic E-state index is 8.90. The van der Waals surface area contributed by atoms with Crippen molar-refractivity contribution in [3.8, 4) is 0 Å². The monoisotopic (exact) mass is 254 g/mol. The summed E-state index contributed by atoms with van der Waals surface area (Å²) in [5.74, 6) is 0.705. The van der Waals surface area contributed by atoms with Crippen LogP contribution in [0, 0.1) is 0 Å². The van der Waals surface area contributed by atoms with Gasteiger partial charge in [0.15, 0.2) is 0 Å². The van der Waals surface area contributed by atoms with Gasteiger partial charge >= 0.3 is 0 Å². The molecule has 0 bridgehead atoms. The maximum atomic E-state index is 8.90. The van der Waals surface area contributed by atoms with Gasteiger partial charge in [-0.2, -0.15) is 0 Å². The lowest BCUT2D eigenvalue weighted by Gasteiger charge is -2.33. The third-order valence-corrected chi connectivity index (χ3v) is 4.56. The van der Waals surface area contributed by atoms with Gasteiger partial charge in [0.1, 0.15) is 5.01 Å². The van der Waals surface area contributed by atoms with Gasteiger partial charge in [-0.05, 0) is 12.8 Å². The summed E-state index contributed by atoms with van der Waals surface area (Å²) in [7, 11) is 0. The topological polar surface area (TPSA) is 52.5 Å². The molecule has 94 valence electrons. The SMILES string of the molecule is OCCN1CCN(c2nnc(C3CC3)s2)CC1. The third kappa shape index (κ3) is 2.59. The van der Waals surface area contributed by atoms with Crippen molar-refractivity contribution in [2.24, 2.45) is 0 Å². The van der Waals surface area contributed by atoms with Gasteiger partial charge in [-0.3, -0.25) is 4.90 Å². The molecule has 0 unspecified atom stereocenters. The van der Waals surface area contributed by atoms with Crippen molar-refractivity contribution >= 4 is 16.5 Å². The van der Waals surface area contributed by atoms with E-state index in [0.717, 1.165) is 37.9 Å². The number of hydrogen-bond acceptors (Lipinski definition) is 6. The number of β-amino-alcohol motifs (C(OH)–C–C–N with tert-alkyl or cyclic N) is 1. The minimum Gasteiger partial charge on any atom is -0.395 e. The van der Waals surface area contributed by atoms with Crippen LogP contribution >= 0.6 is 11.3 Å². The Morgan fingerprint density at radius 3 is 2.59 bits per heavy atom. The van der Waals surface area contributed by atoms with Gasteiger partial charge in [0, 0.05) is 38.6 Å². The van der Waals surface area contributed by atoms with Crippen LogP contribution in [0.15, 0.2) is 0 Å². The van der Waals surface area contributed by atoms with E-state index < -0.39 is 0 Å². The fourth-order valence-electron chi connectivity index (χ4n) is 2.15. The number of piperazine rings is 1. The van der Waals surface area contributed by atoms with E-state index in [1.807, 2.05) is 0 Å². The van der Waals surface area contributed by atoms with Crippen LogP contribution < -0.4 is 4.90 Å². The zero-order valence-electron chi connectivity index (χ0n) is 9.88. The molecule has 1 N–H and O–H groups in total. The number of rotatable bonds is 4. The van der Waals surface area contributed by atoms with Crippen molar-refractivity contribution in [2.75, 3.05) is 44.2 Å². The zero-order chi connectivity index (χ0) is 11.7. The van der Waals surface area contributed by atoms with E-state index in [2.05, 4.69) is 20.0 Å². The lowest BCUT2D eigenvalue weighted by molar-refractivity contribution is 0.188. The smallest absolute Gasteiger partial charge is 0.208 e. The first-order chi connectivity index (χ1) is 8.36. The minimum absolute atomic E-state index is 0.255. The Hall–Kier alpha value is -0.720. The van der Waals surface area contributed by atoms with Crippen LogP contribution in [-0.4, -0.2) is 59.5 Å². The summed E-state index contributed by atoms with van der Waals surface area (Å²) < 4.78 is 0. The molecule has 1 saturated carbocycles. The van der Waals surface area contributed by atoms with Gasteiger partial charge in [-0.25, -0.2) is 0 Å². The number of anilines is 1. The molecule has 0 radical (unpaired) electrons. The second-order valence-electron chi connectivity index (χ2n) is 4.75. The quantitative estimate of drug-likeness (QED) is 0.849. The molecule has 0 spiro atoms. The highest BCUT2D eigenvalue weighted by atomic mass is 32.1. The third-order valence-electron chi connectivity index (χ3n) is 3.42. The van der Waals surface area contributed by atoms with E-state index in [9.17, 15) is 0 Å². The van der Waals surface area contributed by atoms with Gasteiger partial charge < -0.3 is 10.0 Å². The van der Waals surface area contributed by atoms with Crippen LogP contribution in [0.4, 0.5) is 5.13 Å². The van der Waals surface area contributed by atoms with Crippen LogP contribution in [0.2, 0.25) is 0 Å². The number of aromatic nitrogens is 2. The second kappa shape index (κ2) is 4.88. The average Bonchev–Trinajstić information content (AvgIpc) is 3.09. The highest BCUT2D eigenvalue weighted by molar-refractivity contribution is 7.15. The first kappa shape index (κ1) is 11.4. The molecular weight excluding hydrogens is 236 g/mol. The Bertz CT molecular complexity index is 371. The minimum atomic E-state index is 0.255. The molecule has 6 heteroatoms. The van der Waals surface area contributed by atoms with Crippen LogP contribution in [0.1, 0.15) is 23.8 Å². The number of hydrogen-bond donors (Lipinski definition) is 1. The molecular formula is C11H18N4OS.